The van der Waals surface area contributed by atoms with E-state index in [0.29, 0.717) is 30.9 Å². The maximum Gasteiger partial charge on any atom is 0.410 e. The average molecular weight is 409 g/mol. The van der Waals surface area contributed by atoms with Crippen LogP contribution in [0.3, 0.4) is 0 Å². The summed E-state index contributed by atoms with van der Waals surface area (Å²) in [6.45, 7) is 7.89. The molecule has 0 radical (unpaired) electrons. The third-order valence-corrected chi connectivity index (χ3v) is 4.74. The minimum Gasteiger partial charge on any atom is -0.488 e. The van der Waals surface area contributed by atoms with Crippen molar-refractivity contribution < 1.29 is 32.9 Å². The van der Waals surface area contributed by atoms with E-state index in [1.54, 1.807) is 26.8 Å². The molecular formula is C21H28FNO6. The van der Waals surface area contributed by atoms with E-state index in [1.807, 2.05) is 0 Å². The van der Waals surface area contributed by atoms with Crippen LogP contribution in [0.1, 0.15) is 52.1 Å². The minimum atomic E-state index is -0.691. The van der Waals surface area contributed by atoms with E-state index in [0.717, 1.165) is 6.42 Å². The molecule has 0 bridgehead atoms. The molecule has 0 saturated carbocycles. The zero-order valence-corrected chi connectivity index (χ0v) is 17.3. The molecular weight excluding hydrogens is 381 g/mol. The first-order valence-electron chi connectivity index (χ1n) is 9.83. The smallest absolute Gasteiger partial charge is 0.410 e. The highest BCUT2D eigenvalue weighted by Gasteiger charge is 2.41. The summed E-state index contributed by atoms with van der Waals surface area (Å²) in [6.07, 6.45) is -0.0972. The Morgan fingerprint density at radius 1 is 1.24 bits per heavy atom. The number of hydrogen-bond donors (Lipinski definition) is 0. The average Bonchev–Trinajstić information content (AvgIpc) is 3.24. The molecule has 2 fully saturated rings. The van der Waals surface area contributed by atoms with Gasteiger partial charge < -0.3 is 18.9 Å². The number of rotatable bonds is 4. The van der Waals surface area contributed by atoms with E-state index in [1.165, 1.54) is 24.0 Å². The first kappa shape index (κ1) is 21.4. The molecule has 0 spiro atoms. The van der Waals surface area contributed by atoms with E-state index in [2.05, 4.69) is 0 Å². The molecule has 3 rings (SSSR count). The molecule has 2 aliphatic rings. The van der Waals surface area contributed by atoms with Gasteiger partial charge in [-0.05, 0) is 39.0 Å². The Morgan fingerprint density at radius 3 is 2.62 bits per heavy atom. The van der Waals surface area contributed by atoms with Crippen LogP contribution in [0.2, 0.25) is 0 Å². The van der Waals surface area contributed by atoms with Crippen molar-refractivity contribution in [3.05, 3.63) is 29.6 Å². The van der Waals surface area contributed by atoms with Gasteiger partial charge in [0.25, 0.3) is 0 Å². The van der Waals surface area contributed by atoms with Crippen LogP contribution in [-0.4, -0.2) is 54.5 Å². The normalized spacial score (nSPS) is 24.4. The summed E-state index contributed by atoms with van der Waals surface area (Å²) < 4.78 is 36.4. The second-order valence-electron chi connectivity index (χ2n) is 8.40. The topological polar surface area (TPSA) is 74.3 Å². The molecule has 2 heterocycles. The van der Waals surface area contributed by atoms with Crippen LogP contribution in [0, 0.1) is 5.82 Å². The first-order chi connectivity index (χ1) is 13.6. The van der Waals surface area contributed by atoms with Gasteiger partial charge in [0, 0.05) is 25.3 Å². The summed E-state index contributed by atoms with van der Waals surface area (Å²) in [5, 5.41) is 0. The Bertz CT molecular complexity index is 756. The largest absolute Gasteiger partial charge is 0.488 e. The third kappa shape index (κ3) is 5.59. The molecule has 2 aliphatic heterocycles. The lowest BCUT2D eigenvalue weighted by Crippen LogP contribution is -2.37. The van der Waals surface area contributed by atoms with Crippen LogP contribution < -0.4 is 4.74 Å². The van der Waals surface area contributed by atoms with Crippen LogP contribution in [0.4, 0.5) is 9.18 Å². The zero-order chi connectivity index (χ0) is 21.2. The van der Waals surface area contributed by atoms with Crippen molar-refractivity contribution in [1.82, 2.24) is 4.90 Å². The monoisotopic (exact) mass is 409 g/mol. The molecule has 1 aromatic rings. The second-order valence-corrected chi connectivity index (χ2v) is 8.40. The van der Waals surface area contributed by atoms with E-state index in [9.17, 15) is 14.0 Å². The highest BCUT2D eigenvalue weighted by molar-refractivity contribution is 5.70. The number of hydrogen-bond acceptors (Lipinski definition) is 6. The van der Waals surface area contributed by atoms with Gasteiger partial charge in [0.15, 0.2) is 0 Å². The van der Waals surface area contributed by atoms with Gasteiger partial charge in [-0.3, -0.25) is 9.69 Å². The first-order valence-corrected chi connectivity index (χ1v) is 9.83. The van der Waals surface area contributed by atoms with Gasteiger partial charge >= 0.3 is 12.1 Å². The highest BCUT2D eigenvalue weighted by Crippen LogP contribution is 2.40. The van der Waals surface area contributed by atoms with E-state index < -0.39 is 35.6 Å². The quantitative estimate of drug-likeness (QED) is 0.708. The van der Waals surface area contributed by atoms with Crippen molar-refractivity contribution in [3.63, 3.8) is 0 Å². The predicted molar refractivity (Wildman–Crippen MR) is 102 cm³/mol. The van der Waals surface area contributed by atoms with Gasteiger partial charge in [-0.1, -0.05) is 0 Å². The number of carbonyl (C=O) groups is 2. The molecule has 8 heteroatoms. The Kier molecular flexibility index (Phi) is 6.31. The Labute approximate surface area is 170 Å². The number of amides is 1. The van der Waals surface area contributed by atoms with Crippen LogP contribution in [-0.2, 0) is 19.0 Å². The summed E-state index contributed by atoms with van der Waals surface area (Å²) in [6, 6.07) is 3.71. The predicted octanol–water partition coefficient (Wildman–Crippen LogP) is 3.61. The third-order valence-electron chi connectivity index (χ3n) is 4.74. The lowest BCUT2D eigenvalue weighted by molar-refractivity contribution is -0.145. The number of ether oxygens (including phenoxy) is 4. The number of benzene rings is 1. The van der Waals surface area contributed by atoms with Crippen molar-refractivity contribution in [3.8, 4) is 5.75 Å². The molecule has 29 heavy (non-hydrogen) atoms. The number of halogens is 1. The molecule has 160 valence electrons. The van der Waals surface area contributed by atoms with Gasteiger partial charge in [0.1, 0.15) is 29.4 Å². The van der Waals surface area contributed by atoms with E-state index >= 15 is 0 Å². The van der Waals surface area contributed by atoms with Gasteiger partial charge in [-0.2, -0.15) is 0 Å². The van der Waals surface area contributed by atoms with E-state index in [4.69, 9.17) is 18.9 Å². The van der Waals surface area contributed by atoms with Crippen LogP contribution in [0.5, 0.6) is 5.75 Å². The van der Waals surface area contributed by atoms with Crippen molar-refractivity contribution in [2.24, 2.45) is 0 Å². The molecule has 2 unspecified atom stereocenters. The van der Waals surface area contributed by atoms with Crippen LogP contribution in [0.15, 0.2) is 18.2 Å². The fourth-order valence-electron chi connectivity index (χ4n) is 3.61. The van der Waals surface area contributed by atoms with Crippen molar-refractivity contribution in [2.45, 2.75) is 64.4 Å². The number of likely N-dealkylation sites (tertiary alicyclic amines) is 1. The minimum absolute atomic E-state index is 0.125. The maximum absolute atomic E-state index is 14.1. The Morgan fingerprint density at radius 2 is 2.00 bits per heavy atom. The van der Waals surface area contributed by atoms with Crippen LogP contribution in [0.25, 0.3) is 0 Å². The zero-order valence-electron chi connectivity index (χ0n) is 17.3. The molecule has 0 aliphatic carbocycles. The SMILES string of the molecule is CC(=O)OC1C[C@H](c2cc(F)ccc2OC2CCOC2)N(C(=O)OC(C)(C)C)C1. The molecule has 0 aromatic heterocycles. The number of nitrogens with zero attached hydrogens (tertiary/aromatic N) is 1. The van der Waals surface area contributed by atoms with E-state index in [-0.39, 0.29) is 12.6 Å². The molecule has 1 aromatic carbocycles. The standard InChI is InChI=1S/C21H28FNO6/c1-13(24)27-16-10-18(23(11-16)20(25)29-21(2,3)4)17-9-14(22)5-6-19(17)28-15-7-8-26-12-15/h5-6,9,15-16,18H,7-8,10-12H2,1-4H3/t15?,16?,18-/m1/s1. The second kappa shape index (κ2) is 8.57. The fourth-order valence-corrected chi connectivity index (χ4v) is 3.61. The van der Waals surface area contributed by atoms with Crippen LogP contribution >= 0.6 is 0 Å². The summed E-state index contributed by atoms with van der Waals surface area (Å²) in [5.74, 6) is -0.377. The Hall–Kier alpha value is -2.35. The molecule has 0 N–H and O–H groups in total. The molecule has 1 amide bonds. The van der Waals surface area contributed by atoms with Crippen molar-refractivity contribution in [2.75, 3.05) is 19.8 Å². The molecule has 2 saturated heterocycles. The number of carbonyl (C=O) groups excluding carboxylic acids is 2. The lowest BCUT2D eigenvalue weighted by Gasteiger charge is -2.29. The van der Waals surface area contributed by atoms with Gasteiger partial charge in [-0.15, -0.1) is 0 Å². The summed E-state index contributed by atoms with van der Waals surface area (Å²) in [7, 11) is 0. The van der Waals surface area contributed by atoms with Crippen molar-refractivity contribution in [1.29, 1.82) is 0 Å². The highest BCUT2D eigenvalue weighted by atomic mass is 19.1. The van der Waals surface area contributed by atoms with Gasteiger partial charge in [0.05, 0.1) is 25.8 Å². The van der Waals surface area contributed by atoms with Gasteiger partial charge in [0.2, 0.25) is 0 Å². The van der Waals surface area contributed by atoms with Gasteiger partial charge in [-0.25, -0.2) is 9.18 Å². The maximum atomic E-state index is 14.1. The van der Waals surface area contributed by atoms with Crippen molar-refractivity contribution >= 4 is 12.1 Å². The molecule has 7 nitrogen and oxygen atoms in total. The Balaban J connectivity index is 1.90. The lowest BCUT2D eigenvalue weighted by atomic mass is 10.0. The summed E-state index contributed by atoms with van der Waals surface area (Å²) in [5.41, 5.74) is -0.165. The fraction of sp³-hybridized carbons (Fsp3) is 0.619. The summed E-state index contributed by atoms with van der Waals surface area (Å²) >= 11 is 0. The number of esters is 1. The summed E-state index contributed by atoms with van der Waals surface area (Å²) in [4.78, 5) is 25.7. The molecule has 3 atom stereocenters.